The van der Waals surface area contributed by atoms with E-state index in [1.54, 1.807) is 6.92 Å². The molecule has 0 atom stereocenters. The van der Waals surface area contributed by atoms with Crippen molar-refractivity contribution in [2.45, 2.75) is 20.3 Å². The summed E-state index contributed by atoms with van der Waals surface area (Å²) in [6.07, 6.45) is 0.752. The fraction of sp³-hybridized carbons (Fsp3) is 0.211. The Labute approximate surface area is 166 Å². The number of aromatic hydroxyl groups is 1. The van der Waals surface area contributed by atoms with Gasteiger partial charge in [0.1, 0.15) is 17.2 Å². The number of phenolic OH excluding ortho intramolecular Hbond substituents is 1. The normalized spacial score (nSPS) is 10.2. The van der Waals surface area contributed by atoms with Crippen LogP contribution in [0.4, 0.5) is 5.69 Å². The van der Waals surface area contributed by atoms with Crippen LogP contribution >= 0.6 is 11.6 Å². The van der Waals surface area contributed by atoms with Crippen molar-refractivity contribution in [1.29, 1.82) is 0 Å². The van der Waals surface area contributed by atoms with Gasteiger partial charge in [0, 0.05) is 12.2 Å². The highest BCUT2D eigenvalue weighted by Gasteiger charge is 2.16. The second kappa shape index (κ2) is 9.09. The lowest BCUT2D eigenvalue weighted by molar-refractivity contribution is -0.147. The van der Waals surface area contributed by atoms with Crippen molar-refractivity contribution >= 4 is 35.1 Å². The Morgan fingerprint density at radius 1 is 1.18 bits per heavy atom. The van der Waals surface area contributed by atoms with E-state index >= 15 is 0 Å². The summed E-state index contributed by atoms with van der Waals surface area (Å²) in [6, 6.07) is 7.04. The van der Waals surface area contributed by atoms with Crippen LogP contribution in [-0.4, -0.2) is 34.5 Å². The Morgan fingerprint density at radius 2 is 1.89 bits per heavy atom. The number of rotatable bonds is 6. The van der Waals surface area contributed by atoms with E-state index in [1.165, 1.54) is 30.3 Å². The number of carboxylic acid groups (broad SMARTS) is 1. The Hall–Kier alpha value is -3.26. The summed E-state index contributed by atoms with van der Waals surface area (Å²) >= 11 is 6.20. The molecule has 0 unspecified atom stereocenters. The van der Waals surface area contributed by atoms with E-state index in [4.69, 9.17) is 21.4 Å². The molecule has 4 N–H and O–H groups in total. The van der Waals surface area contributed by atoms with Gasteiger partial charge in [0.2, 0.25) is 0 Å². The van der Waals surface area contributed by atoms with Gasteiger partial charge in [-0.05, 0) is 49.2 Å². The van der Waals surface area contributed by atoms with Crippen molar-refractivity contribution < 1.29 is 29.3 Å². The molecule has 148 valence electrons. The largest absolute Gasteiger partial charge is 0.507 e. The number of anilines is 1. The molecule has 0 aliphatic carbocycles. The van der Waals surface area contributed by atoms with Gasteiger partial charge in [-0.1, -0.05) is 18.5 Å². The zero-order chi connectivity index (χ0) is 20.8. The molecule has 2 rings (SSSR count). The monoisotopic (exact) mass is 406 g/mol. The molecule has 2 aromatic rings. The van der Waals surface area contributed by atoms with Crippen LogP contribution in [0.3, 0.4) is 0 Å². The Morgan fingerprint density at radius 3 is 2.50 bits per heavy atom. The third kappa shape index (κ3) is 5.14. The number of amides is 2. The number of phenols is 1. The third-order valence-electron chi connectivity index (χ3n) is 3.65. The van der Waals surface area contributed by atoms with Crippen LogP contribution in [0.5, 0.6) is 17.2 Å². The zero-order valence-electron chi connectivity index (χ0n) is 15.2. The summed E-state index contributed by atoms with van der Waals surface area (Å²) < 4.78 is 5.75. The predicted octanol–water partition coefficient (Wildman–Crippen LogP) is 3.31. The number of hydrogen-bond donors (Lipinski definition) is 4. The van der Waals surface area contributed by atoms with E-state index in [1.807, 2.05) is 6.92 Å². The van der Waals surface area contributed by atoms with Crippen molar-refractivity contribution in [1.82, 2.24) is 5.32 Å². The Balaban J connectivity index is 2.27. The summed E-state index contributed by atoms with van der Waals surface area (Å²) in [5, 5.41) is 23.6. The number of halogens is 1. The molecule has 0 radical (unpaired) electrons. The van der Waals surface area contributed by atoms with Crippen LogP contribution in [0.1, 0.15) is 29.3 Å². The summed E-state index contributed by atoms with van der Waals surface area (Å²) in [4.78, 5) is 34.0. The molecule has 0 heterocycles. The van der Waals surface area contributed by atoms with Crippen LogP contribution in [-0.2, 0) is 9.59 Å². The summed E-state index contributed by atoms with van der Waals surface area (Å²) in [5.41, 5.74) is 0.788. The lowest BCUT2D eigenvalue weighted by atomic mass is 10.1. The number of carbonyl (C=O) groups is 3. The molecule has 0 fully saturated rings. The van der Waals surface area contributed by atoms with E-state index in [9.17, 15) is 19.5 Å². The molecule has 9 heteroatoms. The lowest BCUT2D eigenvalue weighted by Crippen LogP contribution is -2.24. The van der Waals surface area contributed by atoms with E-state index in [2.05, 4.69) is 10.6 Å². The number of benzene rings is 2. The van der Waals surface area contributed by atoms with E-state index in [-0.39, 0.29) is 33.5 Å². The summed E-state index contributed by atoms with van der Waals surface area (Å²) in [6.45, 7) is 4.04. The summed E-state index contributed by atoms with van der Waals surface area (Å²) in [5.74, 6) is -2.89. The van der Waals surface area contributed by atoms with Crippen LogP contribution in [0, 0.1) is 6.92 Å². The minimum atomic E-state index is -1.62. The van der Waals surface area contributed by atoms with Gasteiger partial charge in [0.05, 0.1) is 10.6 Å². The number of carboxylic acids is 1. The minimum Gasteiger partial charge on any atom is -0.507 e. The van der Waals surface area contributed by atoms with Crippen molar-refractivity contribution in [3.05, 3.63) is 46.5 Å². The molecule has 28 heavy (non-hydrogen) atoms. The van der Waals surface area contributed by atoms with E-state index in [0.29, 0.717) is 12.1 Å². The number of carbonyl (C=O) groups excluding carboxylic acids is 2. The Bertz CT molecular complexity index is 906. The molecule has 0 spiro atoms. The number of hydrogen-bond acceptors (Lipinski definition) is 5. The molecule has 0 aliphatic heterocycles. The predicted molar refractivity (Wildman–Crippen MR) is 103 cm³/mol. The first-order valence-electron chi connectivity index (χ1n) is 8.36. The number of nitrogens with one attached hydrogen (secondary N) is 2. The number of aliphatic carboxylic acids is 1. The molecule has 0 bridgehead atoms. The van der Waals surface area contributed by atoms with E-state index < -0.39 is 17.8 Å². The Kier molecular flexibility index (Phi) is 6.84. The van der Waals surface area contributed by atoms with Gasteiger partial charge in [0.25, 0.3) is 5.91 Å². The molecule has 0 saturated carbocycles. The molecule has 0 saturated heterocycles. The van der Waals surface area contributed by atoms with Crippen molar-refractivity contribution in [3.8, 4) is 17.2 Å². The molecule has 0 aliphatic rings. The molecular formula is C19H19ClN2O6. The molecular weight excluding hydrogens is 388 g/mol. The van der Waals surface area contributed by atoms with Crippen LogP contribution in [0.15, 0.2) is 30.3 Å². The maximum atomic E-state index is 12.1. The van der Waals surface area contributed by atoms with Gasteiger partial charge in [-0.3, -0.25) is 9.59 Å². The highest BCUT2D eigenvalue weighted by Crippen LogP contribution is 2.36. The minimum absolute atomic E-state index is 0.0602. The molecule has 2 aromatic carbocycles. The van der Waals surface area contributed by atoms with Crippen molar-refractivity contribution in [2.75, 3.05) is 11.9 Å². The highest BCUT2D eigenvalue weighted by atomic mass is 35.5. The standard InChI is InChI=1S/C19H19ClN2O6/c1-3-6-21-17(24)13-9-12(4-5-15(13)23)28-16-10(2)7-11(8-14(16)20)22-18(25)19(26)27/h4-5,7-9,23H,3,6H2,1-2H3,(H,21,24)(H,22,25)(H,26,27). The van der Waals surface area contributed by atoms with Gasteiger partial charge >= 0.3 is 11.9 Å². The van der Waals surface area contributed by atoms with Gasteiger partial charge in [-0.25, -0.2) is 4.79 Å². The molecule has 0 aromatic heterocycles. The van der Waals surface area contributed by atoms with E-state index in [0.717, 1.165) is 6.42 Å². The van der Waals surface area contributed by atoms with Crippen molar-refractivity contribution in [3.63, 3.8) is 0 Å². The smallest absolute Gasteiger partial charge is 0.394 e. The SMILES string of the molecule is CCCNC(=O)c1cc(Oc2c(C)cc(NC(=O)C(=O)O)cc2Cl)ccc1O. The quantitative estimate of drug-likeness (QED) is 0.545. The first-order valence-corrected chi connectivity index (χ1v) is 8.74. The third-order valence-corrected chi connectivity index (χ3v) is 3.93. The number of ether oxygens (including phenoxy) is 1. The average Bonchev–Trinajstić information content (AvgIpc) is 2.63. The average molecular weight is 407 g/mol. The maximum absolute atomic E-state index is 12.1. The number of aryl methyl sites for hydroxylation is 1. The summed E-state index contributed by atoms with van der Waals surface area (Å²) in [7, 11) is 0. The molecule has 8 nitrogen and oxygen atoms in total. The van der Waals surface area contributed by atoms with Gasteiger partial charge < -0.3 is 25.6 Å². The zero-order valence-corrected chi connectivity index (χ0v) is 16.0. The first kappa shape index (κ1) is 21.0. The second-order valence-corrected chi connectivity index (χ2v) is 6.31. The van der Waals surface area contributed by atoms with Gasteiger partial charge in [-0.2, -0.15) is 0 Å². The second-order valence-electron chi connectivity index (χ2n) is 5.90. The van der Waals surface area contributed by atoms with Crippen LogP contribution in [0.2, 0.25) is 5.02 Å². The first-order chi connectivity index (χ1) is 13.2. The fourth-order valence-electron chi connectivity index (χ4n) is 2.33. The van der Waals surface area contributed by atoms with Crippen molar-refractivity contribution in [2.24, 2.45) is 0 Å². The van der Waals surface area contributed by atoms with Crippen LogP contribution < -0.4 is 15.4 Å². The van der Waals surface area contributed by atoms with Crippen LogP contribution in [0.25, 0.3) is 0 Å². The van der Waals surface area contributed by atoms with Gasteiger partial charge in [-0.15, -0.1) is 0 Å². The molecule has 2 amide bonds. The fourth-order valence-corrected chi connectivity index (χ4v) is 2.63. The topological polar surface area (TPSA) is 125 Å². The lowest BCUT2D eigenvalue weighted by Gasteiger charge is -2.14. The maximum Gasteiger partial charge on any atom is 0.394 e. The highest BCUT2D eigenvalue weighted by molar-refractivity contribution is 6.37. The van der Waals surface area contributed by atoms with Gasteiger partial charge in [0.15, 0.2) is 0 Å².